The molecule has 0 amide bonds. The third kappa shape index (κ3) is 4.01. The molecule has 0 aromatic heterocycles. The average Bonchev–Trinajstić information content (AvgIpc) is 3.03. The summed E-state index contributed by atoms with van der Waals surface area (Å²) in [6.45, 7) is 15.3. The first-order valence-electron chi connectivity index (χ1n) is 9.93. The molecule has 1 aliphatic heterocycles. The molecule has 0 aliphatic carbocycles. The largest absolute Gasteiger partial charge is 0.398 e. The van der Waals surface area contributed by atoms with Crippen molar-refractivity contribution in [1.82, 2.24) is 0 Å². The minimum absolute atomic E-state index is 0.0913. The van der Waals surface area contributed by atoms with Crippen LogP contribution < -0.4 is 10.4 Å². The summed E-state index contributed by atoms with van der Waals surface area (Å²) in [5.74, 6) is -0.596. The quantitative estimate of drug-likeness (QED) is 0.539. The fourth-order valence-corrected chi connectivity index (χ4v) is 8.72. The highest BCUT2D eigenvalue weighted by atomic mass is 28.4. The minimum atomic E-state index is -2.65. The Morgan fingerprint density at radius 1 is 1.04 bits per heavy atom. The molecule has 0 radical (unpaired) electrons. The molecule has 3 nitrogen and oxygen atoms in total. The smallest absolute Gasteiger partial charge is 0.262 e. The Morgan fingerprint density at radius 3 is 1.89 bits per heavy atom. The topological polar surface area (TPSA) is 27.7 Å². The molecule has 4 heteroatoms. The molecule has 0 spiro atoms. The van der Waals surface area contributed by atoms with E-state index in [2.05, 4.69) is 88.0 Å². The highest BCUT2D eigenvalue weighted by Crippen LogP contribution is 2.39. The molecule has 0 bridgehead atoms. The highest BCUT2D eigenvalue weighted by Gasteiger charge is 2.52. The molecule has 0 saturated carbocycles. The van der Waals surface area contributed by atoms with Crippen molar-refractivity contribution in [2.45, 2.75) is 57.7 Å². The van der Waals surface area contributed by atoms with Gasteiger partial charge in [-0.15, -0.1) is 6.58 Å². The molecule has 2 aromatic rings. The molecule has 3 rings (SSSR count). The van der Waals surface area contributed by atoms with E-state index >= 15 is 0 Å². The van der Waals surface area contributed by atoms with Gasteiger partial charge in [-0.2, -0.15) is 0 Å². The second-order valence-electron chi connectivity index (χ2n) is 8.85. The molecule has 1 aliphatic rings. The maximum Gasteiger partial charge on any atom is 0.262 e. The van der Waals surface area contributed by atoms with Crippen molar-refractivity contribution in [3.63, 3.8) is 0 Å². The van der Waals surface area contributed by atoms with Crippen molar-refractivity contribution < 1.29 is 13.9 Å². The van der Waals surface area contributed by atoms with Crippen LogP contribution in [0.2, 0.25) is 5.04 Å². The number of benzene rings is 2. The Hall–Kier alpha value is -1.72. The summed E-state index contributed by atoms with van der Waals surface area (Å²) in [5.41, 5.74) is 0. The lowest BCUT2D eigenvalue weighted by atomic mass is 10.2. The van der Waals surface area contributed by atoms with E-state index in [0.29, 0.717) is 6.61 Å². The van der Waals surface area contributed by atoms with Crippen LogP contribution in [0.1, 0.15) is 34.6 Å². The molecular formula is C24H32O3Si. The van der Waals surface area contributed by atoms with E-state index in [1.165, 1.54) is 10.4 Å². The van der Waals surface area contributed by atoms with Gasteiger partial charge in [-0.05, 0) is 29.3 Å². The van der Waals surface area contributed by atoms with Gasteiger partial charge >= 0.3 is 0 Å². The molecule has 2 aromatic carbocycles. The molecule has 150 valence electrons. The summed E-state index contributed by atoms with van der Waals surface area (Å²) >= 11 is 0. The predicted octanol–water partition coefficient (Wildman–Crippen LogP) is 4.27. The van der Waals surface area contributed by atoms with Crippen molar-refractivity contribution >= 4 is 18.7 Å². The van der Waals surface area contributed by atoms with E-state index in [0.717, 1.165) is 0 Å². The molecule has 0 N–H and O–H groups in total. The lowest BCUT2D eigenvalue weighted by Gasteiger charge is -2.45. The molecule has 1 saturated heterocycles. The normalized spacial score (nSPS) is 20.7. The van der Waals surface area contributed by atoms with Gasteiger partial charge in [0, 0.05) is 0 Å². The summed E-state index contributed by atoms with van der Waals surface area (Å²) in [6, 6.07) is 21.3. The van der Waals surface area contributed by atoms with Crippen LogP contribution in [0.5, 0.6) is 0 Å². The van der Waals surface area contributed by atoms with Crippen LogP contribution >= 0.6 is 0 Å². The summed E-state index contributed by atoms with van der Waals surface area (Å²) in [7, 11) is -2.65. The van der Waals surface area contributed by atoms with E-state index in [1.807, 2.05) is 19.9 Å². The fraction of sp³-hybridized carbons (Fsp3) is 0.417. The van der Waals surface area contributed by atoms with Crippen LogP contribution in [0.3, 0.4) is 0 Å². The Labute approximate surface area is 170 Å². The van der Waals surface area contributed by atoms with Crippen molar-refractivity contribution in [1.29, 1.82) is 0 Å². The van der Waals surface area contributed by atoms with Gasteiger partial charge in [0.15, 0.2) is 5.79 Å². The Kier molecular flexibility index (Phi) is 5.96. The van der Waals surface area contributed by atoms with Gasteiger partial charge in [0.25, 0.3) is 8.32 Å². The van der Waals surface area contributed by atoms with Gasteiger partial charge in [0.1, 0.15) is 6.10 Å². The van der Waals surface area contributed by atoms with Crippen LogP contribution in [0.25, 0.3) is 0 Å². The van der Waals surface area contributed by atoms with Gasteiger partial charge in [0.05, 0.1) is 12.7 Å². The Morgan fingerprint density at radius 2 is 1.54 bits per heavy atom. The zero-order chi connectivity index (χ0) is 20.4. The minimum Gasteiger partial charge on any atom is -0.398 e. The van der Waals surface area contributed by atoms with Crippen molar-refractivity contribution in [3.05, 3.63) is 73.3 Å². The fourth-order valence-electron chi connectivity index (χ4n) is 4.05. The lowest BCUT2D eigenvalue weighted by molar-refractivity contribution is -0.146. The lowest BCUT2D eigenvalue weighted by Crippen LogP contribution is -2.68. The van der Waals surface area contributed by atoms with Gasteiger partial charge in [0.2, 0.25) is 0 Å². The zero-order valence-corrected chi connectivity index (χ0v) is 18.6. The predicted molar refractivity (Wildman–Crippen MR) is 118 cm³/mol. The summed E-state index contributed by atoms with van der Waals surface area (Å²) in [6.07, 6.45) is 1.44. The van der Waals surface area contributed by atoms with E-state index in [4.69, 9.17) is 13.9 Å². The highest BCUT2D eigenvalue weighted by molar-refractivity contribution is 6.99. The van der Waals surface area contributed by atoms with Crippen molar-refractivity contribution in [2.24, 2.45) is 0 Å². The number of rotatable bonds is 6. The molecule has 28 heavy (non-hydrogen) atoms. The first kappa shape index (κ1) is 21.0. The number of ether oxygens (including phenoxy) is 2. The Bertz CT molecular complexity index is 741. The summed E-state index contributed by atoms with van der Waals surface area (Å²) < 4.78 is 19.1. The number of hydrogen-bond acceptors (Lipinski definition) is 3. The molecular weight excluding hydrogens is 364 g/mol. The van der Waals surface area contributed by atoms with E-state index in [1.54, 1.807) is 0 Å². The monoisotopic (exact) mass is 396 g/mol. The van der Waals surface area contributed by atoms with Crippen LogP contribution in [-0.4, -0.2) is 32.9 Å². The average molecular weight is 397 g/mol. The van der Waals surface area contributed by atoms with Crippen LogP contribution in [0.4, 0.5) is 0 Å². The summed E-state index contributed by atoms with van der Waals surface area (Å²) in [5, 5.41) is 2.41. The maximum absolute atomic E-state index is 7.12. The van der Waals surface area contributed by atoms with Crippen LogP contribution in [0.15, 0.2) is 73.3 Å². The Balaban J connectivity index is 2.12. The van der Waals surface area contributed by atoms with E-state index in [-0.39, 0.29) is 17.2 Å². The molecule has 1 heterocycles. The van der Waals surface area contributed by atoms with Crippen LogP contribution in [0, 0.1) is 0 Å². The van der Waals surface area contributed by atoms with Crippen LogP contribution in [-0.2, 0) is 13.9 Å². The van der Waals surface area contributed by atoms with Crippen molar-refractivity contribution in [2.75, 3.05) is 6.61 Å². The summed E-state index contributed by atoms with van der Waals surface area (Å²) in [4.78, 5) is 0. The first-order valence-corrected chi connectivity index (χ1v) is 11.8. The third-order valence-corrected chi connectivity index (χ3v) is 10.4. The maximum atomic E-state index is 7.12. The standard InChI is InChI=1S/C24H32O3Si/c1-7-21(22-18-25-24(5,6)26-22)27-28(23(2,3)4,19-14-10-8-11-15-19)20-16-12-9-13-17-20/h7-17,21-22H,1,18H2,2-6H3/t21-,22+/m0/s1. The van der Waals surface area contributed by atoms with Gasteiger partial charge in [-0.25, -0.2) is 0 Å². The zero-order valence-electron chi connectivity index (χ0n) is 17.6. The molecule has 2 atom stereocenters. The van der Waals surface area contributed by atoms with E-state index in [9.17, 15) is 0 Å². The SMILES string of the molecule is C=C[C@H](O[Si](c1ccccc1)(c1ccccc1)C(C)(C)C)[C@H]1COC(C)(C)O1. The van der Waals surface area contributed by atoms with Gasteiger partial charge < -0.3 is 13.9 Å². The number of hydrogen-bond donors (Lipinski definition) is 0. The van der Waals surface area contributed by atoms with Gasteiger partial charge in [-0.3, -0.25) is 0 Å². The van der Waals surface area contributed by atoms with E-state index < -0.39 is 14.1 Å². The second-order valence-corrected chi connectivity index (χ2v) is 13.1. The first-order chi connectivity index (χ1) is 13.2. The van der Waals surface area contributed by atoms with Crippen molar-refractivity contribution in [3.8, 4) is 0 Å². The van der Waals surface area contributed by atoms with Gasteiger partial charge in [-0.1, -0.05) is 87.5 Å². The second kappa shape index (κ2) is 7.95. The third-order valence-electron chi connectivity index (χ3n) is 5.36. The molecule has 0 unspecified atom stereocenters. The molecule has 1 fully saturated rings.